The van der Waals surface area contributed by atoms with Crippen LogP contribution in [0.1, 0.15) is 12.5 Å². The fraction of sp³-hybridized carbons (Fsp3) is 0.222. The zero-order valence-electron chi connectivity index (χ0n) is 13.3. The van der Waals surface area contributed by atoms with Gasteiger partial charge in [0.05, 0.1) is 0 Å². The number of benzene rings is 1. The van der Waals surface area contributed by atoms with Gasteiger partial charge in [0.25, 0.3) is 0 Å². The fourth-order valence-corrected chi connectivity index (χ4v) is 2.39. The highest BCUT2D eigenvalue weighted by atomic mass is 16.5. The summed E-state index contributed by atoms with van der Waals surface area (Å²) in [7, 11) is 0. The first kappa shape index (κ1) is 17.5. The van der Waals surface area contributed by atoms with E-state index in [1.807, 2.05) is 30.3 Å². The van der Waals surface area contributed by atoms with Gasteiger partial charge in [-0.1, -0.05) is 36.4 Å². The Kier molecular flexibility index (Phi) is 5.55. The third-order valence-corrected chi connectivity index (χ3v) is 3.53. The smallest absolute Gasteiger partial charge is 0.356 e. The largest absolute Gasteiger partial charge is 0.488 e. The minimum Gasteiger partial charge on any atom is -0.488 e. The number of aliphatic carboxylic acids is 1. The van der Waals surface area contributed by atoms with Crippen LogP contribution < -0.4 is 0 Å². The van der Waals surface area contributed by atoms with Gasteiger partial charge in [-0.3, -0.25) is 4.79 Å². The molecule has 0 radical (unpaired) electrons. The Labute approximate surface area is 140 Å². The summed E-state index contributed by atoms with van der Waals surface area (Å²) in [6.07, 6.45) is 1.41. The van der Waals surface area contributed by atoms with E-state index < -0.39 is 12.1 Å². The fourth-order valence-electron chi connectivity index (χ4n) is 2.39. The second-order valence-electron chi connectivity index (χ2n) is 5.28. The Hall–Kier alpha value is -2.86. The monoisotopic (exact) mass is 329 g/mol. The molecule has 2 rings (SSSR count). The molecule has 1 aromatic rings. The molecule has 126 valence electrons. The molecule has 1 aliphatic heterocycles. The maximum absolute atomic E-state index is 11.7. The number of hydrogen-bond donors (Lipinski definition) is 2. The molecule has 2 N–H and O–H groups in total. The minimum atomic E-state index is -1.42. The molecule has 1 atom stereocenters. The molecule has 0 spiro atoms. The number of ketones is 1. The molecule has 24 heavy (non-hydrogen) atoms. The summed E-state index contributed by atoms with van der Waals surface area (Å²) in [6.45, 7) is 5.14. The highest BCUT2D eigenvalue weighted by molar-refractivity contribution is 5.97. The van der Waals surface area contributed by atoms with Gasteiger partial charge in [0.1, 0.15) is 12.7 Å². The maximum atomic E-state index is 11.7. The summed E-state index contributed by atoms with van der Waals surface area (Å²) in [5, 5.41) is 19.9. The SMILES string of the molecule is C=CCN1C=C(C(C)=O)C(O)C(OCc2ccccc2)=C1C(=O)O. The molecule has 0 saturated heterocycles. The Morgan fingerprint density at radius 2 is 2.00 bits per heavy atom. The number of carboxylic acid groups (broad SMARTS) is 1. The number of carbonyl (C=O) groups is 2. The second kappa shape index (κ2) is 7.61. The first-order valence-corrected chi connectivity index (χ1v) is 7.38. The molecular weight excluding hydrogens is 310 g/mol. The minimum absolute atomic E-state index is 0.0740. The molecule has 6 nitrogen and oxygen atoms in total. The van der Waals surface area contributed by atoms with Crippen molar-refractivity contribution in [2.24, 2.45) is 0 Å². The quantitative estimate of drug-likeness (QED) is 0.742. The molecule has 1 aromatic carbocycles. The molecule has 0 bridgehead atoms. The van der Waals surface area contributed by atoms with Gasteiger partial charge in [0.15, 0.2) is 17.2 Å². The van der Waals surface area contributed by atoms with E-state index in [4.69, 9.17) is 4.74 Å². The van der Waals surface area contributed by atoms with Crippen LogP contribution in [0, 0.1) is 0 Å². The van der Waals surface area contributed by atoms with E-state index in [1.165, 1.54) is 24.1 Å². The van der Waals surface area contributed by atoms with E-state index in [-0.39, 0.29) is 36.0 Å². The first-order chi connectivity index (χ1) is 11.5. The molecule has 0 saturated carbocycles. The lowest BCUT2D eigenvalue weighted by molar-refractivity contribution is -0.135. The zero-order valence-corrected chi connectivity index (χ0v) is 13.3. The van der Waals surface area contributed by atoms with Crippen molar-refractivity contribution in [2.75, 3.05) is 6.54 Å². The van der Waals surface area contributed by atoms with Gasteiger partial charge in [-0.25, -0.2) is 4.79 Å². The van der Waals surface area contributed by atoms with Crippen molar-refractivity contribution in [3.8, 4) is 0 Å². The van der Waals surface area contributed by atoms with Crippen LogP contribution in [0.25, 0.3) is 0 Å². The van der Waals surface area contributed by atoms with Crippen molar-refractivity contribution in [2.45, 2.75) is 19.6 Å². The van der Waals surface area contributed by atoms with Crippen LogP contribution >= 0.6 is 0 Å². The first-order valence-electron chi connectivity index (χ1n) is 7.38. The summed E-state index contributed by atoms with van der Waals surface area (Å²) in [5.41, 5.74) is 0.685. The summed E-state index contributed by atoms with van der Waals surface area (Å²) in [6, 6.07) is 9.14. The standard InChI is InChI=1S/C18H19NO5/c1-3-9-19-10-14(12(2)20)16(21)17(15(19)18(22)23)24-11-13-7-5-4-6-8-13/h3-8,10,16,21H,1,9,11H2,2H3,(H,22,23). The number of Topliss-reactive ketones (excluding diaryl/α,β-unsaturated/α-hetero) is 1. The molecule has 6 heteroatoms. The highest BCUT2D eigenvalue weighted by Gasteiger charge is 2.35. The van der Waals surface area contributed by atoms with Crippen LogP contribution in [-0.4, -0.2) is 39.5 Å². The predicted octanol–water partition coefficient (Wildman–Crippen LogP) is 1.83. The summed E-state index contributed by atoms with van der Waals surface area (Å²) in [4.78, 5) is 24.7. The van der Waals surface area contributed by atoms with E-state index in [0.29, 0.717) is 0 Å². The van der Waals surface area contributed by atoms with E-state index in [9.17, 15) is 19.8 Å². The van der Waals surface area contributed by atoms with Gasteiger partial charge in [-0.15, -0.1) is 6.58 Å². The molecule has 0 aliphatic carbocycles. The molecule has 0 aromatic heterocycles. The number of rotatable bonds is 7. The lowest BCUT2D eigenvalue weighted by atomic mass is 10.00. The van der Waals surface area contributed by atoms with Crippen LogP contribution in [-0.2, 0) is 20.9 Å². The predicted molar refractivity (Wildman–Crippen MR) is 87.6 cm³/mol. The summed E-state index contributed by atoms with van der Waals surface area (Å²) >= 11 is 0. The second-order valence-corrected chi connectivity index (χ2v) is 5.28. The van der Waals surface area contributed by atoms with E-state index in [1.54, 1.807) is 0 Å². The van der Waals surface area contributed by atoms with Crippen LogP contribution in [0.15, 0.2) is 66.2 Å². The van der Waals surface area contributed by atoms with Crippen LogP contribution in [0.2, 0.25) is 0 Å². The molecule has 0 amide bonds. The van der Waals surface area contributed by atoms with E-state index in [0.717, 1.165) is 5.56 Å². The molecular formula is C18H19NO5. The van der Waals surface area contributed by atoms with Crippen LogP contribution in [0.5, 0.6) is 0 Å². The average Bonchev–Trinajstić information content (AvgIpc) is 2.55. The van der Waals surface area contributed by atoms with E-state index in [2.05, 4.69) is 6.58 Å². The Morgan fingerprint density at radius 1 is 1.33 bits per heavy atom. The van der Waals surface area contributed by atoms with Crippen molar-refractivity contribution in [1.29, 1.82) is 0 Å². The van der Waals surface area contributed by atoms with Gasteiger partial charge in [0.2, 0.25) is 0 Å². The number of carboxylic acids is 1. The zero-order chi connectivity index (χ0) is 17.7. The summed E-state index contributed by atoms with van der Waals surface area (Å²) < 4.78 is 5.59. The van der Waals surface area contributed by atoms with Crippen LogP contribution in [0.4, 0.5) is 0 Å². The van der Waals surface area contributed by atoms with Crippen molar-refractivity contribution in [1.82, 2.24) is 4.90 Å². The molecule has 1 heterocycles. The van der Waals surface area contributed by atoms with Gasteiger partial charge < -0.3 is 19.8 Å². The van der Waals surface area contributed by atoms with E-state index >= 15 is 0 Å². The Morgan fingerprint density at radius 3 is 2.54 bits per heavy atom. The van der Waals surface area contributed by atoms with Crippen molar-refractivity contribution in [3.05, 3.63) is 71.8 Å². The number of ether oxygens (including phenoxy) is 1. The molecule has 1 unspecified atom stereocenters. The van der Waals surface area contributed by atoms with Crippen molar-refractivity contribution < 1.29 is 24.5 Å². The molecule has 1 aliphatic rings. The van der Waals surface area contributed by atoms with Crippen LogP contribution in [0.3, 0.4) is 0 Å². The maximum Gasteiger partial charge on any atom is 0.356 e. The number of aliphatic hydroxyl groups excluding tert-OH is 1. The van der Waals surface area contributed by atoms with Gasteiger partial charge in [-0.2, -0.15) is 0 Å². The Bertz CT molecular complexity index is 705. The normalized spacial score (nSPS) is 17.3. The topological polar surface area (TPSA) is 87.1 Å². The van der Waals surface area contributed by atoms with Crippen molar-refractivity contribution >= 4 is 11.8 Å². The van der Waals surface area contributed by atoms with Crippen molar-refractivity contribution in [3.63, 3.8) is 0 Å². The van der Waals surface area contributed by atoms with Gasteiger partial charge in [0, 0.05) is 18.3 Å². The number of carbonyl (C=O) groups excluding carboxylic acids is 1. The highest BCUT2D eigenvalue weighted by Crippen LogP contribution is 2.28. The van der Waals surface area contributed by atoms with Gasteiger partial charge in [-0.05, 0) is 12.5 Å². The Balaban J connectivity index is 2.39. The third-order valence-electron chi connectivity index (χ3n) is 3.53. The van der Waals surface area contributed by atoms with Gasteiger partial charge >= 0.3 is 5.97 Å². The molecule has 0 fully saturated rings. The number of hydrogen-bond acceptors (Lipinski definition) is 5. The lowest BCUT2D eigenvalue weighted by Gasteiger charge is -2.31. The average molecular weight is 329 g/mol. The third kappa shape index (κ3) is 3.72. The number of aliphatic hydroxyl groups is 1. The summed E-state index contributed by atoms with van der Waals surface area (Å²) in [5.74, 6) is -1.76. The number of nitrogens with zero attached hydrogens (tertiary/aromatic N) is 1. The lowest BCUT2D eigenvalue weighted by Crippen LogP contribution is -2.36.